The number of benzene rings is 2. The molecule has 0 aliphatic rings. The molecule has 3 rings (SSSR count). The number of hydrogen-bond donors (Lipinski definition) is 0. The molecule has 0 aliphatic carbocycles. The quantitative estimate of drug-likeness (QED) is 0.693. The van der Waals surface area contributed by atoms with E-state index in [0.29, 0.717) is 5.52 Å². The van der Waals surface area contributed by atoms with Crippen molar-refractivity contribution in [3.63, 3.8) is 0 Å². The number of hydrogen-bond acceptors (Lipinski definition) is 3. The number of aromatic nitrogens is 1. The number of methoxy groups -OCH3 is 1. The van der Waals surface area contributed by atoms with Gasteiger partial charge in [-0.15, -0.1) is 0 Å². The Morgan fingerprint density at radius 2 is 1.68 bits per heavy atom. The first-order chi connectivity index (χ1) is 10.6. The third-order valence-corrected chi connectivity index (χ3v) is 5.08. The van der Waals surface area contributed by atoms with Crippen molar-refractivity contribution in [2.24, 2.45) is 0 Å². The van der Waals surface area contributed by atoms with Gasteiger partial charge in [-0.1, -0.05) is 36.4 Å². The zero-order valence-corrected chi connectivity index (χ0v) is 12.8. The summed E-state index contributed by atoms with van der Waals surface area (Å²) < 4.78 is 31.9. The van der Waals surface area contributed by atoms with Gasteiger partial charge in [-0.25, -0.2) is 12.4 Å². The van der Waals surface area contributed by atoms with Crippen LogP contribution in [0.15, 0.2) is 72.0 Å². The second-order valence-corrected chi connectivity index (χ2v) is 6.57. The second-order valence-electron chi connectivity index (χ2n) is 4.75. The topological polar surface area (TPSA) is 48.3 Å². The van der Waals surface area contributed by atoms with E-state index in [1.54, 1.807) is 55.8 Å². The molecule has 0 atom stereocenters. The van der Waals surface area contributed by atoms with Gasteiger partial charge in [0.2, 0.25) is 0 Å². The van der Waals surface area contributed by atoms with E-state index in [4.69, 9.17) is 4.74 Å². The van der Waals surface area contributed by atoms with Gasteiger partial charge in [0.05, 0.1) is 23.8 Å². The van der Waals surface area contributed by atoms with Crippen LogP contribution in [0.1, 0.15) is 5.56 Å². The minimum Gasteiger partial charge on any atom is -0.504 e. The highest BCUT2D eigenvalue weighted by molar-refractivity contribution is 7.90. The molecule has 112 valence electrons. The van der Waals surface area contributed by atoms with Gasteiger partial charge in [0.25, 0.3) is 10.0 Å². The predicted octanol–water partition coefficient (Wildman–Crippen LogP) is 3.50. The van der Waals surface area contributed by atoms with Gasteiger partial charge in [-0.3, -0.25) is 0 Å². The summed E-state index contributed by atoms with van der Waals surface area (Å²) in [5, 5.41) is 0.857. The van der Waals surface area contributed by atoms with Crippen LogP contribution in [0, 0.1) is 0 Å². The summed E-state index contributed by atoms with van der Waals surface area (Å²) in [6.45, 7) is 0. The Hall–Kier alpha value is -2.53. The Labute approximate surface area is 129 Å². The van der Waals surface area contributed by atoms with E-state index in [-0.39, 0.29) is 4.90 Å². The number of rotatable bonds is 4. The maximum absolute atomic E-state index is 12.8. The Morgan fingerprint density at radius 1 is 1.00 bits per heavy atom. The number of nitrogens with zero attached hydrogens (tertiary/aromatic N) is 1. The maximum atomic E-state index is 12.8. The summed E-state index contributed by atoms with van der Waals surface area (Å²) in [5.74, 6) is 0. The molecule has 0 aliphatic heterocycles. The number of ether oxygens (including phenoxy) is 1. The summed E-state index contributed by atoms with van der Waals surface area (Å²) in [5.41, 5.74) is 1.43. The van der Waals surface area contributed by atoms with Crippen LogP contribution in [-0.4, -0.2) is 19.5 Å². The van der Waals surface area contributed by atoms with Crippen molar-refractivity contribution in [1.29, 1.82) is 0 Å². The van der Waals surface area contributed by atoms with E-state index >= 15 is 0 Å². The molecule has 0 radical (unpaired) electrons. The molecule has 0 amide bonds. The Morgan fingerprint density at radius 3 is 2.41 bits per heavy atom. The van der Waals surface area contributed by atoms with Crippen LogP contribution < -0.4 is 0 Å². The first kappa shape index (κ1) is 14.4. The lowest BCUT2D eigenvalue weighted by molar-refractivity contribution is 0.341. The molecule has 5 heteroatoms. The fourth-order valence-corrected chi connectivity index (χ4v) is 3.75. The highest BCUT2D eigenvalue weighted by Gasteiger charge is 2.20. The van der Waals surface area contributed by atoms with Crippen LogP contribution in [0.25, 0.3) is 17.0 Å². The van der Waals surface area contributed by atoms with Crippen LogP contribution >= 0.6 is 0 Å². The summed E-state index contributed by atoms with van der Waals surface area (Å²) in [6, 6.07) is 15.8. The lowest BCUT2D eigenvalue weighted by atomic mass is 10.2. The lowest BCUT2D eigenvalue weighted by Crippen LogP contribution is -2.11. The van der Waals surface area contributed by atoms with E-state index in [1.165, 1.54) is 10.2 Å². The third kappa shape index (κ3) is 2.40. The van der Waals surface area contributed by atoms with Gasteiger partial charge in [0.15, 0.2) is 0 Å². The average Bonchev–Trinajstić information content (AvgIpc) is 2.93. The minimum atomic E-state index is -3.63. The summed E-state index contributed by atoms with van der Waals surface area (Å²) in [6.07, 6.45) is 4.89. The van der Waals surface area contributed by atoms with Crippen LogP contribution in [0.3, 0.4) is 0 Å². The van der Waals surface area contributed by atoms with Crippen LogP contribution in [0.4, 0.5) is 0 Å². The molecule has 22 heavy (non-hydrogen) atoms. The smallest absolute Gasteiger partial charge is 0.268 e. The molecule has 2 aromatic carbocycles. The highest BCUT2D eigenvalue weighted by Crippen LogP contribution is 2.26. The first-order valence-corrected chi connectivity index (χ1v) is 8.18. The summed E-state index contributed by atoms with van der Waals surface area (Å²) in [4.78, 5) is 0.262. The molecule has 0 bridgehead atoms. The summed E-state index contributed by atoms with van der Waals surface area (Å²) >= 11 is 0. The first-order valence-electron chi connectivity index (χ1n) is 6.74. The Bertz CT molecular complexity index is 925. The minimum absolute atomic E-state index is 0.262. The molecule has 0 unspecified atom stereocenters. The molecule has 0 fully saturated rings. The SMILES string of the molecule is CO/C=C/c1cn(S(=O)(=O)c2ccccc2)c2ccccc12. The van der Waals surface area contributed by atoms with E-state index in [1.807, 2.05) is 18.2 Å². The highest BCUT2D eigenvalue weighted by atomic mass is 32.2. The van der Waals surface area contributed by atoms with Crippen LogP contribution in [-0.2, 0) is 14.8 Å². The van der Waals surface area contributed by atoms with Gasteiger partial charge in [-0.2, -0.15) is 0 Å². The van der Waals surface area contributed by atoms with Gasteiger partial charge in [0, 0.05) is 17.1 Å². The monoisotopic (exact) mass is 313 g/mol. The van der Waals surface area contributed by atoms with Crippen molar-refractivity contribution in [1.82, 2.24) is 3.97 Å². The average molecular weight is 313 g/mol. The summed E-state index contributed by atoms with van der Waals surface area (Å²) in [7, 11) is -2.08. The van der Waals surface area contributed by atoms with Crippen molar-refractivity contribution >= 4 is 27.0 Å². The molecular weight excluding hydrogens is 298 g/mol. The van der Waals surface area contributed by atoms with Crippen molar-refractivity contribution in [2.45, 2.75) is 4.90 Å². The fraction of sp³-hybridized carbons (Fsp3) is 0.0588. The standard InChI is InChI=1S/C17H15NO3S/c1-21-12-11-14-13-18(17-10-6-5-9-16(14)17)22(19,20)15-7-3-2-4-8-15/h2-13H,1H3/b12-11+. The van der Waals surface area contributed by atoms with Crippen molar-refractivity contribution in [2.75, 3.05) is 7.11 Å². The molecule has 0 saturated carbocycles. The van der Waals surface area contributed by atoms with Crippen LogP contribution in [0.2, 0.25) is 0 Å². The largest absolute Gasteiger partial charge is 0.504 e. The van der Waals surface area contributed by atoms with Gasteiger partial charge in [-0.05, 0) is 24.3 Å². The zero-order valence-electron chi connectivity index (χ0n) is 12.0. The van der Waals surface area contributed by atoms with E-state index in [0.717, 1.165) is 10.9 Å². The molecule has 1 heterocycles. The molecule has 0 spiro atoms. The van der Waals surface area contributed by atoms with Gasteiger partial charge < -0.3 is 4.74 Å². The second kappa shape index (κ2) is 5.69. The Kier molecular flexibility index (Phi) is 3.73. The predicted molar refractivity (Wildman–Crippen MR) is 87.0 cm³/mol. The number of fused-ring (bicyclic) bond motifs is 1. The zero-order chi connectivity index (χ0) is 15.6. The fourth-order valence-electron chi connectivity index (χ4n) is 2.35. The van der Waals surface area contributed by atoms with Crippen LogP contribution in [0.5, 0.6) is 0 Å². The molecule has 3 aromatic rings. The number of para-hydroxylation sites is 1. The lowest BCUT2D eigenvalue weighted by Gasteiger charge is -2.07. The molecule has 0 saturated heterocycles. The maximum Gasteiger partial charge on any atom is 0.268 e. The van der Waals surface area contributed by atoms with Crippen molar-refractivity contribution in [3.8, 4) is 0 Å². The van der Waals surface area contributed by atoms with E-state index in [9.17, 15) is 8.42 Å². The van der Waals surface area contributed by atoms with Crippen molar-refractivity contribution in [3.05, 3.63) is 72.6 Å². The molecule has 0 N–H and O–H groups in total. The van der Waals surface area contributed by atoms with Gasteiger partial charge >= 0.3 is 0 Å². The third-order valence-electron chi connectivity index (χ3n) is 3.39. The molecule has 4 nitrogen and oxygen atoms in total. The van der Waals surface area contributed by atoms with Gasteiger partial charge in [0.1, 0.15) is 0 Å². The van der Waals surface area contributed by atoms with E-state index in [2.05, 4.69) is 0 Å². The van der Waals surface area contributed by atoms with E-state index < -0.39 is 10.0 Å². The molecule has 1 aromatic heterocycles. The Balaban J connectivity index is 2.26. The molecular formula is C17H15NO3S. The normalized spacial score (nSPS) is 12.0. The van der Waals surface area contributed by atoms with Crippen molar-refractivity contribution < 1.29 is 13.2 Å².